The molecule has 0 unspecified atom stereocenters. The monoisotopic (exact) mass is 261 g/mol. The van der Waals surface area contributed by atoms with Crippen LogP contribution in [-0.4, -0.2) is 4.98 Å². The standard InChI is InChI=1S/C14H16ClN3/c1-9(2)11-5-3-4-6-12(11)17-14-8-10(16)7-13(15)18-14/h3-9H,1-2H3,(H3,16,17,18). The van der Waals surface area contributed by atoms with Crippen molar-refractivity contribution in [1.82, 2.24) is 4.98 Å². The van der Waals surface area contributed by atoms with Gasteiger partial charge in [0.05, 0.1) is 0 Å². The van der Waals surface area contributed by atoms with E-state index in [1.165, 1.54) is 5.56 Å². The summed E-state index contributed by atoms with van der Waals surface area (Å²) in [5.41, 5.74) is 8.61. The fraction of sp³-hybridized carbons (Fsp3) is 0.214. The number of nitrogens with two attached hydrogens (primary N) is 1. The van der Waals surface area contributed by atoms with Crippen LogP contribution < -0.4 is 11.1 Å². The average molecular weight is 262 g/mol. The molecule has 0 fully saturated rings. The van der Waals surface area contributed by atoms with Gasteiger partial charge >= 0.3 is 0 Å². The van der Waals surface area contributed by atoms with Crippen molar-refractivity contribution in [3.63, 3.8) is 0 Å². The second kappa shape index (κ2) is 5.27. The van der Waals surface area contributed by atoms with Crippen molar-refractivity contribution in [2.45, 2.75) is 19.8 Å². The number of nitrogens with zero attached hydrogens (tertiary/aromatic N) is 1. The van der Waals surface area contributed by atoms with Crippen molar-refractivity contribution in [1.29, 1.82) is 0 Å². The van der Waals surface area contributed by atoms with E-state index in [0.717, 1.165) is 5.69 Å². The highest BCUT2D eigenvalue weighted by molar-refractivity contribution is 6.29. The van der Waals surface area contributed by atoms with E-state index in [1.54, 1.807) is 12.1 Å². The van der Waals surface area contributed by atoms with Gasteiger partial charge in [-0.3, -0.25) is 0 Å². The Morgan fingerprint density at radius 3 is 2.61 bits per heavy atom. The molecule has 94 valence electrons. The summed E-state index contributed by atoms with van der Waals surface area (Å²) < 4.78 is 0. The molecule has 0 saturated heterocycles. The van der Waals surface area contributed by atoms with Crippen LogP contribution in [0, 0.1) is 0 Å². The maximum atomic E-state index is 5.89. The van der Waals surface area contributed by atoms with Gasteiger partial charge in [0.2, 0.25) is 0 Å². The van der Waals surface area contributed by atoms with Crippen molar-refractivity contribution in [2.24, 2.45) is 0 Å². The van der Waals surface area contributed by atoms with Crippen molar-refractivity contribution < 1.29 is 0 Å². The zero-order valence-electron chi connectivity index (χ0n) is 10.4. The number of hydrogen-bond acceptors (Lipinski definition) is 3. The Morgan fingerprint density at radius 2 is 1.94 bits per heavy atom. The van der Waals surface area contributed by atoms with Crippen molar-refractivity contribution in [3.8, 4) is 0 Å². The highest BCUT2D eigenvalue weighted by Crippen LogP contribution is 2.27. The Hall–Kier alpha value is -1.74. The number of aromatic nitrogens is 1. The van der Waals surface area contributed by atoms with Gasteiger partial charge in [-0.05, 0) is 23.6 Å². The summed E-state index contributed by atoms with van der Waals surface area (Å²) in [7, 11) is 0. The molecule has 1 aromatic heterocycles. The zero-order chi connectivity index (χ0) is 13.1. The lowest BCUT2D eigenvalue weighted by molar-refractivity contribution is 0.869. The van der Waals surface area contributed by atoms with Crippen LogP contribution in [0.1, 0.15) is 25.3 Å². The summed E-state index contributed by atoms with van der Waals surface area (Å²) in [5.74, 6) is 1.10. The molecule has 0 spiro atoms. The molecule has 0 bridgehead atoms. The third-order valence-corrected chi connectivity index (χ3v) is 2.86. The maximum absolute atomic E-state index is 5.89. The molecular formula is C14H16ClN3. The number of anilines is 3. The molecule has 1 heterocycles. The molecular weight excluding hydrogens is 246 g/mol. The third kappa shape index (κ3) is 2.93. The fourth-order valence-corrected chi connectivity index (χ4v) is 2.05. The van der Waals surface area contributed by atoms with Crippen molar-refractivity contribution >= 4 is 28.8 Å². The molecule has 0 aliphatic heterocycles. The largest absolute Gasteiger partial charge is 0.399 e. The van der Waals surface area contributed by atoms with E-state index in [2.05, 4.69) is 30.2 Å². The second-order valence-electron chi connectivity index (χ2n) is 4.48. The fourth-order valence-electron chi connectivity index (χ4n) is 1.83. The van der Waals surface area contributed by atoms with Crippen LogP contribution in [0.3, 0.4) is 0 Å². The van der Waals surface area contributed by atoms with E-state index in [0.29, 0.717) is 22.6 Å². The Bertz CT molecular complexity index is 532. The van der Waals surface area contributed by atoms with Crippen LogP contribution in [0.4, 0.5) is 17.2 Å². The highest BCUT2D eigenvalue weighted by Gasteiger charge is 2.07. The van der Waals surface area contributed by atoms with Crippen LogP contribution >= 0.6 is 11.6 Å². The smallest absolute Gasteiger partial charge is 0.134 e. The minimum Gasteiger partial charge on any atom is -0.399 e. The quantitative estimate of drug-likeness (QED) is 0.815. The van der Waals surface area contributed by atoms with Gasteiger partial charge in [-0.1, -0.05) is 43.6 Å². The molecule has 0 aliphatic carbocycles. The van der Waals surface area contributed by atoms with Crippen LogP contribution in [0.15, 0.2) is 36.4 Å². The molecule has 3 nitrogen and oxygen atoms in total. The van der Waals surface area contributed by atoms with Gasteiger partial charge in [-0.25, -0.2) is 4.98 Å². The van der Waals surface area contributed by atoms with E-state index in [-0.39, 0.29) is 0 Å². The molecule has 1 aromatic carbocycles. The second-order valence-corrected chi connectivity index (χ2v) is 4.86. The Labute approximate surface area is 112 Å². The van der Waals surface area contributed by atoms with Gasteiger partial charge in [0.25, 0.3) is 0 Å². The normalized spacial score (nSPS) is 10.7. The zero-order valence-corrected chi connectivity index (χ0v) is 11.2. The van der Waals surface area contributed by atoms with E-state index in [4.69, 9.17) is 17.3 Å². The number of rotatable bonds is 3. The van der Waals surface area contributed by atoms with Gasteiger partial charge in [-0.2, -0.15) is 0 Å². The number of halogens is 1. The summed E-state index contributed by atoms with van der Waals surface area (Å²) in [6.07, 6.45) is 0. The van der Waals surface area contributed by atoms with Gasteiger partial charge in [0.15, 0.2) is 0 Å². The van der Waals surface area contributed by atoms with E-state index in [1.807, 2.05) is 18.2 Å². The number of benzene rings is 1. The molecule has 0 saturated carbocycles. The number of pyridine rings is 1. The predicted molar refractivity (Wildman–Crippen MR) is 77.5 cm³/mol. The first-order valence-corrected chi connectivity index (χ1v) is 6.23. The highest BCUT2D eigenvalue weighted by atomic mass is 35.5. The van der Waals surface area contributed by atoms with Crippen molar-refractivity contribution in [2.75, 3.05) is 11.1 Å². The summed E-state index contributed by atoms with van der Waals surface area (Å²) >= 11 is 5.89. The summed E-state index contributed by atoms with van der Waals surface area (Å²) in [4.78, 5) is 4.20. The van der Waals surface area contributed by atoms with Crippen LogP contribution in [0.2, 0.25) is 5.15 Å². The van der Waals surface area contributed by atoms with E-state index >= 15 is 0 Å². The molecule has 18 heavy (non-hydrogen) atoms. The van der Waals surface area contributed by atoms with Gasteiger partial charge in [0, 0.05) is 17.4 Å². The first-order valence-electron chi connectivity index (χ1n) is 5.85. The lowest BCUT2D eigenvalue weighted by atomic mass is 10.0. The molecule has 0 amide bonds. The molecule has 2 aromatic rings. The summed E-state index contributed by atoms with van der Waals surface area (Å²) in [5, 5.41) is 3.65. The topological polar surface area (TPSA) is 50.9 Å². The number of nitrogens with one attached hydrogen (secondary N) is 1. The third-order valence-electron chi connectivity index (χ3n) is 2.66. The van der Waals surface area contributed by atoms with E-state index in [9.17, 15) is 0 Å². The molecule has 3 N–H and O–H groups in total. The first-order chi connectivity index (χ1) is 8.56. The lowest BCUT2D eigenvalue weighted by Crippen LogP contribution is -2.00. The first kappa shape index (κ1) is 12.7. The Kier molecular flexibility index (Phi) is 3.72. The maximum Gasteiger partial charge on any atom is 0.134 e. The SMILES string of the molecule is CC(C)c1ccccc1Nc1cc(N)cc(Cl)n1. The van der Waals surface area contributed by atoms with Gasteiger partial charge < -0.3 is 11.1 Å². The van der Waals surface area contributed by atoms with Crippen LogP contribution in [0.25, 0.3) is 0 Å². The average Bonchev–Trinajstić information content (AvgIpc) is 2.27. The summed E-state index contributed by atoms with van der Waals surface area (Å²) in [6.45, 7) is 4.31. The lowest BCUT2D eigenvalue weighted by Gasteiger charge is -2.14. The van der Waals surface area contributed by atoms with Crippen molar-refractivity contribution in [3.05, 3.63) is 47.1 Å². The Balaban J connectivity index is 2.34. The molecule has 0 atom stereocenters. The molecule has 0 aliphatic rings. The van der Waals surface area contributed by atoms with Gasteiger partial charge in [0.1, 0.15) is 11.0 Å². The molecule has 0 radical (unpaired) electrons. The number of nitrogen functional groups attached to an aromatic ring is 1. The van der Waals surface area contributed by atoms with Crippen LogP contribution in [0.5, 0.6) is 0 Å². The predicted octanol–water partition coefficient (Wildman–Crippen LogP) is 4.18. The van der Waals surface area contributed by atoms with Crippen LogP contribution in [-0.2, 0) is 0 Å². The Morgan fingerprint density at radius 1 is 1.22 bits per heavy atom. The van der Waals surface area contributed by atoms with E-state index < -0.39 is 0 Å². The molecule has 2 rings (SSSR count). The summed E-state index contributed by atoms with van der Waals surface area (Å²) in [6, 6.07) is 11.5. The minimum atomic E-state index is 0.388. The number of para-hydroxylation sites is 1. The minimum absolute atomic E-state index is 0.388. The molecule has 4 heteroatoms. The van der Waals surface area contributed by atoms with Gasteiger partial charge in [-0.15, -0.1) is 0 Å². The number of hydrogen-bond donors (Lipinski definition) is 2.